The Morgan fingerprint density at radius 1 is 1.10 bits per heavy atom. The van der Waals surface area contributed by atoms with Gasteiger partial charge in [-0.05, 0) is 49.3 Å². The first-order chi connectivity index (χ1) is 9.47. The maximum absolute atomic E-state index is 13.3. The van der Waals surface area contributed by atoms with Crippen LogP contribution in [0.2, 0.25) is 0 Å². The predicted molar refractivity (Wildman–Crippen MR) is 78.5 cm³/mol. The molecule has 20 heavy (non-hydrogen) atoms. The van der Waals surface area contributed by atoms with E-state index in [1.807, 2.05) is 6.92 Å². The molecule has 3 heteroatoms. The molecule has 1 saturated carbocycles. The summed E-state index contributed by atoms with van der Waals surface area (Å²) < 4.78 is 26.2. The molecule has 1 aliphatic rings. The molecule has 0 saturated heterocycles. The molecule has 1 aromatic rings. The standard InChI is InChI=1S/C17H25F2N/c1-11(2)13-5-4-6-15(9-13)20-12(3)14-7-8-16(18)17(19)10-14/h7-8,10-13,15,20H,4-6,9H2,1-3H3. The van der Waals surface area contributed by atoms with Crippen molar-refractivity contribution in [3.63, 3.8) is 0 Å². The summed E-state index contributed by atoms with van der Waals surface area (Å²) in [5.41, 5.74) is 0.815. The van der Waals surface area contributed by atoms with Crippen LogP contribution < -0.4 is 5.32 Å². The molecular weight excluding hydrogens is 256 g/mol. The summed E-state index contributed by atoms with van der Waals surface area (Å²) in [6, 6.07) is 4.72. The summed E-state index contributed by atoms with van der Waals surface area (Å²) in [6.07, 6.45) is 4.93. The summed E-state index contributed by atoms with van der Waals surface area (Å²) >= 11 is 0. The van der Waals surface area contributed by atoms with Crippen LogP contribution in [0.15, 0.2) is 18.2 Å². The minimum absolute atomic E-state index is 0.0565. The molecule has 1 aliphatic carbocycles. The first-order valence-electron chi connectivity index (χ1n) is 7.68. The fourth-order valence-electron chi connectivity index (χ4n) is 3.22. The molecule has 2 rings (SSSR count). The Balaban J connectivity index is 1.96. The quantitative estimate of drug-likeness (QED) is 0.833. The van der Waals surface area contributed by atoms with Crippen molar-refractivity contribution in [1.29, 1.82) is 0 Å². The second-order valence-corrected chi connectivity index (χ2v) is 6.43. The first-order valence-corrected chi connectivity index (χ1v) is 7.68. The summed E-state index contributed by atoms with van der Waals surface area (Å²) in [6.45, 7) is 6.59. The van der Waals surface area contributed by atoms with Crippen LogP contribution in [0.3, 0.4) is 0 Å². The summed E-state index contributed by atoms with van der Waals surface area (Å²) in [5, 5.41) is 3.58. The summed E-state index contributed by atoms with van der Waals surface area (Å²) in [4.78, 5) is 0. The van der Waals surface area contributed by atoms with Gasteiger partial charge >= 0.3 is 0 Å². The maximum Gasteiger partial charge on any atom is 0.159 e. The maximum atomic E-state index is 13.3. The monoisotopic (exact) mass is 281 g/mol. The van der Waals surface area contributed by atoms with E-state index in [-0.39, 0.29) is 6.04 Å². The van der Waals surface area contributed by atoms with Crippen LogP contribution in [-0.4, -0.2) is 6.04 Å². The van der Waals surface area contributed by atoms with Crippen LogP contribution in [0.1, 0.15) is 58.1 Å². The minimum Gasteiger partial charge on any atom is -0.307 e. The molecule has 3 atom stereocenters. The molecule has 0 radical (unpaired) electrons. The minimum atomic E-state index is -0.779. The molecule has 0 amide bonds. The molecule has 0 spiro atoms. The van der Waals surface area contributed by atoms with Crippen molar-refractivity contribution in [3.05, 3.63) is 35.4 Å². The number of benzene rings is 1. The van der Waals surface area contributed by atoms with E-state index in [2.05, 4.69) is 19.2 Å². The van der Waals surface area contributed by atoms with E-state index in [0.717, 1.165) is 17.4 Å². The predicted octanol–water partition coefficient (Wildman–Crippen LogP) is 4.83. The average Bonchev–Trinajstić information content (AvgIpc) is 2.42. The molecule has 0 heterocycles. The lowest BCUT2D eigenvalue weighted by atomic mass is 9.79. The smallest absolute Gasteiger partial charge is 0.159 e. The third-order valence-electron chi connectivity index (χ3n) is 4.59. The molecule has 0 aliphatic heterocycles. The van der Waals surface area contributed by atoms with E-state index < -0.39 is 11.6 Å². The number of halogens is 2. The van der Waals surface area contributed by atoms with Crippen molar-refractivity contribution >= 4 is 0 Å². The zero-order valence-corrected chi connectivity index (χ0v) is 12.6. The second-order valence-electron chi connectivity index (χ2n) is 6.43. The molecule has 1 nitrogen and oxygen atoms in total. The van der Waals surface area contributed by atoms with Crippen molar-refractivity contribution < 1.29 is 8.78 Å². The van der Waals surface area contributed by atoms with E-state index >= 15 is 0 Å². The van der Waals surface area contributed by atoms with E-state index in [4.69, 9.17) is 0 Å². The van der Waals surface area contributed by atoms with E-state index in [1.165, 1.54) is 37.8 Å². The first kappa shape index (κ1) is 15.4. The van der Waals surface area contributed by atoms with Crippen molar-refractivity contribution in [2.45, 2.75) is 58.5 Å². The lowest BCUT2D eigenvalue weighted by Crippen LogP contribution is -2.37. The van der Waals surface area contributed by atoms with Crippen LogP contribution in [-0.2, 0) is 0 Å². The van der Waals surface area contributed by atoms with Crippen LogP contribution >= 0.6 is 0 Å². The highest BCUT2D eigenvalue weighted by Gasteiger charge is 2.25. The van der Waals surface area contributed by atoms with Gasteiger partial charge in [-0.2, -0.15) is 0 Å². The number of hydrogen-bond acceptors (Lipinski definition) is 1. The molecule has 1 aromatic carbocycles. The number of hydrogen-bond donors (Lipinski definition) is 1. The number of rotatable bonds is 4. The van der Waals surface area contributed by atoms with Gasteiger partial charge in [-0.3, -0.25) is 0 Å². The van der Waals surface area contributed by atoms with Gasteiger partial charge in [-0.25, -0.2) is 8.78 Å². The molecule has 1 N–H and O–H groups in total. The van der Waals surface area contributed by atoms with Crippen LogP contribution in [0.25, 0.3) is 0 Å². The van der Waals surface area contributed by atoms with Crippen molar-refractivity contribution in [2.75, 3.05) is 0 Å². The Morgan fingerprint density at radius 3 is 2.50 bits per heavy atom. The average molecular weight is 281 g/mol. The fourth-order valence-corrected chi connectivity index (χ4v) is 3.22. The van der Waals surface area contributed by atoms with E-state index in [1.54, 1.807) is 6.07 Å². The molecule has 112 valence electrons. The van der Waals surface area contributed by atoms with Gasteiger partial charge in [0.25, 0.3) is 0 Å². The third kappa shape index (κ3) is 3.78. The number of nitrogens with one attached hydrogen (secondary N) is 1. The van der Waals surface area contributed by atoms with Gasteiger partial charge in [0.05, 0.1) is 0 Å². The lowest BCUT2D eigenvalue weighted by Gasteiger charge is -2.34. The van der Waals surface area contributed by atoms with Crippen molar-refractivity contribution in [2.24, 2.45) is 11.8 Å². The third-order valence-corrected chi connectivity index (χ3v) is 4.59. The van der Waals surface area contributed by atoms with Gasteiger partial charge in [-0.1, -0.05) is 32.8 Å². The second kappa shape index (κ2) is 6.66. The Morgan fingerprint density at radius 2 is 1.85 bits per heavy atom. The van der Waals surface area contributed by atoms with Gasteiger partial charge in [-0.15, -0.1) is 0 Å². The zero-order chi connectivity index (χ0) is 14.7. The largest absolute Gasteiger partial charge is 0.307 e. The van der Waals surface area contributed by atoms with Gasteiger partial charge in [0, 0.05) is 12.1 Å². The summed E-state index contributed by atoms with van der Waals surface area (Å²) in [5.74, 6) is -0.0464. The SMILES string of the molecule is CC(NC1CCCC(C(C)C)C1)c1ccc(F)c(F)c1. The fraction of sp³-hybridized carbons (Fsp3) is 0.647. The van der Waals surface area contributed by atoms with Crippen LogP contribution in [0.5, 0.6) is 0 Å². The molecule has 0 aromatic heterocycles. The van der Waals surface area contributed by atoms with Gasteiger partial charge in [0.1, 0.15) is 0 Å². The molecular formula is C17H25F2N. The molecule has 3 unspecified atom stereocenters. The Hall–Kier alpha value is -0.960. The zero-order valence-electron chi connectivity index (χ0n) is 12.6. The van der Waals surface area contributed by atoms with Crippen molar-refractivity contribution in [1.82, 2.24) is 5.32 Å². The van der Waals surface area contributed by atoms with Crippen LogP contribution in [0, 0.1) is 23.5 Å². The highest BCUT2D eigenvalue weighted by Crippen LogP contribution is 2.31. The van der Waals surface area contributed by atoms with E-state index in [0.29, 0.717) is 6.04 Å². The molecule has 1 fully saturated rings. The highest BCUT2D eigenvalue weighted by atomic mass is 19.2. The Kier molecular flexibility index (Phi) is 5.14. The van der Waals surface area contributed by atoms with Gasteiger partial charge in [0.2, 0.25) is 0 Å². The van der Waals surface area contributed by atoms with Crippen LogP contribution in [0.4, 0.5) is 8.78 Å². The van der Waals surface area contributed by atoms with Gasteiger partial charge in [0.15, 0.2) is 11.6 Å². The molecule has 0 bridgehead atoms. The Labute approximate surface area is 120 Å². The highest BCUT2D eigenvalue weighted by molar-refractivity contribution is 5.20. The summed E-state index contributed by atoms with van der Waals surface area (Å²) in [7, 11) is 0. The topological polar surface area (TPSA) is 12.0 Å². The van der Waals surface area contributed by atoms with Crippen molar-refractivity contribution in [3.8, 4) is 0 Å². The van der Waals surface area contributed by atoms with E-state index in [9.17, 15) is 8.78 Å². The normalized spacial score (nSPS) is 24.9. The van der Waals surface area contributed by atoms with Gasteiger partial charge < -0.3 is 5.32 Å². The lowest BCUT2D eigenvalue weighted by molar-refractivity contribution is 0.222. The Bertz CT molecular complexity index is 445.